The molecule has 3 aromatic rings. The average molecular weight is 692 g/mol. The van der Waals surface area contributed by atoms with Crippen LogP contribution in [0.15, 0.2) is 78.9 Å². The second-order valence-electron chi connectivity index (χ2n) is 10.4. The Labute approximate surface area is 255 Å². The Morgan fingerprint density at radius 1 is 0.927 bits per heavy atom. The first-order chi connectivity index (χ1) is 19.6. The maximum absolute atomic E-state index is 14.1. The molecule has 0 spiro atoms. The fourth-order valence-corrected chi connectivity index (χ4v) is 6.32. The number of anilines is 1. The van der Waals surface area contributed by atoms with Crippen molar-refractivity contribution in [2.75, 3.05) is 17.1 Å². The molecule has 1 unspecified atom stereocenters. The maximum atomic E-state index is 14.1. The van der Waals surface area contributed by atoms with Crippen LogP contribution in [0.3, 0.4) is 0 Å². The van der Waals surface area contributed by atoms with Crippen LogP contribution in [0.2, 0.25) is 0 Å². The van der Waals surface area contributed by atoms with Gasteiger partial charge in [0, 0.05) is 22.6 Å². The number of nitrogens with zero attached hydrogens (tertiary/aromatic N) is 2. The zero-order valence-corrected chi connectivity index (χ0v) is 26.0. The molecular weight excluding hydrogens is 656 g/mol. The van der Waals surface area contributed by atoms with E-state index in [1.165, 1.54) is 17.0 Å². The number of hydrogen-bond donors (Lipinski definition) is 1. The van der Waals surface area contributed by atoms with Gasteiger partial charge in [0.1, 0.15) is 18.4 Å². The van der Waals surface area contributed by atoms with Crippen LogP contribution in [-0.4, -0.2) is 50.0 Å². The van der Waals surface area contributed by atoms with Crippen molar-refractivity contribution in [1.82, 2.24) is 10.2 Å². The van der Waals surface area contributed by atoms with E-state index in [0.717, 1.165) is 51.8 Å². The van der Waals surface area contributed by atoms with E-state index in [2.05, 4.69) is 27.9 Å². The molecule has 0 aliphatic heterocycles. The zero-order valence-electron chi connectivity index (χ0n) is 23.0. The highest BCUT2D eigenvalue weighted by molar-refractivity contribution is 14.1. The van der Waals surface area contributed by atoms with Crippen LogP contribution in [0.4, 0.5) is 10.1 Å². The Bertz CT molecular complexity index is 1410. The van der Waals surface area contributed by atoms with E-state index in [9.17, 15) is 22.4 Å². The predicted octanol–water partition coefficient (Wildman–Crippen LogP) is 5.29. The van der Waals surface area contributed by atoms with Gasteiger partial charge in [0.15, 0.2) is 0 Å². The molecule has 2 amide bonds. The number of rotatable bonds is 11. The van der Waals surface area contributed by atoms with Crippen LogP contribution in [0.5, 0.6) is 0 Å². The van der Waals surface area contributed by atoms with Crippen molar-refractivity contribution >= 4 is 50.1 Å². The van der Waals surface area contributed by atoms with Crippen LogP contribution in [0.25, 0.3) is 0 Å². The van der Waals surface area contributed by atoms with Gasteiger partial charge in [-0.05, 0) is 83.0 Å². The molecule has 1 aliphatic carbocycles. The number of sulfonamides is 1. The normalized spacial score (nSPS) is 14.7. The highest BCUT2D eigenvalue weighted by Crippen LogP contribution is 2.23. The summed E-state index contributed by atoms with van der Waals surface area (Å²) >= 11 is 2.13. The molecule has 0 heterocycles. The lowest BCUT2D eigenvalue weighted by atomic mass is 9.94. The lowest BCUT2D eigenvalue weighted by Gasteiger charge is -2.35. The lowest BCUT2D eigenvalue weighted by molar-refractivity contribution is -0.140. The molecule has 1 fully saturated rings. The maximum Gasteiger partial charge on any atom is 0.244 e. The van der Waals surface area contributed by atoms with E-state index < -0.39 is 34.3 Å². The first-order valence-corrected chi connectivity index (χ1v) is 16.6. The Morgan fingerprint density at radius 2 is 1.56 bits per heavy atom. The number of benzene rings is 3. The summed E-state index contributed by atoms with van der Waals surface area (Å²) in [7, 11) is -3.83. The van der Waals surface area contributed by atoms with Gasteiger partial charge in [-0.2, -0.15) is 0 Å². The molecule has 0 saturated heterocycles. The fraction of sp³-hybridized carbons (Fsp3) is 0.355. The van der Waals surface area contributed by atoms with Crippen LogP contribution in [0.1, 0.15) is 43.2 Å². The second kappa shape index (κ2) is 14.3. The molecule has 7 nitrogen and oxygen atoms in total. The molecule has 0 radical (unpaired) electrons. The van der Waals surface area contributed by atoms with Crippen molar-refractivity contribution in [3.8, 4) is 0 Å². The topological polar surface area (TPSA) is 86.8 Å². The number of halogens is 2. The second-order valence-corrected chi connectivity index (χ2v) is 13.6. The van der Waals surface area contributed by atoms with Gasteiger partial charge in [-0.3, -0.25) is 13.9 Å². The highest BCUT2D eigenvalue weighted by atomic mass is 127. The van der Waals surface area contributed by atoms with Crippen molar-refractivity contribution in [2.24, 2.45) is 0 Å². The van der Waals surface area contributed by atoms with Gasteiger partial charge >= 0.3 is 0 Å². The smallest absolute Gasteiger partial charge is 0.244 e. The molecule has 0 bridgehead atoms. The quantitative estimate of drug-likeness (QED) is 0.277. The number of amides is 2. The molecule has 41 heavy (non-hydrogen) atoms. The largest absolute Gasteiger partial charge is 0.352 e. The molecule has 1 N–H and O–H groups in total. The summed E-state index contributed by atoms with van der Waals surface area (Å²) in [4.78, 5) is 29.4. The predicted molar refractivity (Wildman–Crippen MR) is 167 cm³/mol. The SMILES string of the molecule is CS(=O)(=O)N(CC(=O)N(Cc1ccc(F)cc1)C(Cc1ccccc1)C(=O)NC1CCCCC1)c1ccc(I)cc1. The number of nitrogens with one attached hydrogen (secondary N) is 1. The van der Waals surface area contributed by atoms with Crippen LogP contribution >= 0.6 is 22.6 Å². The molecular formula is C31H35FIN3O4S. The van der Waals surface area contributed by atoms with Crippen LogP contribution < -0.4 is 9.62 Å². The summed E-state index contributed by atoms with van der Waals surface area (Å²) in [6.07, 6.45) is 6.26. The molecule has 1 aliphatic rings. The summed E-state index contributed by atoms with van der Waals surface area (Å²) in [6, 6.07) is 21.1. The molecule has 10 heteroatoms. The molecule has 1 atom stereocenters. The molecule has 218 valence electrons. The van der Waals surface area contributed by atoms with Gasteiger partial charge in [0.25, 0.3) is 0 Å². The highest BCUT2D eigenvalue weighted by Gasteiger charge is 2.34. The average Bonchev–Trinajstić information content (AvgIpc) is 2.95. The fourth-order valence-electron chi connectivity index (χ4n) is 5.11. The minimum absolute atomic E-state index is 0.0129. The Kier molecular flexibility index (Phi) is 10.8. The van der Waals surface area contributed by atoms with Crippen molar-refractivity contribution in [3.05, 3.63) is 99.4 Å². The van der Waals surface area contributed by atoms with Gasteiger partial charge in [-0.1, -0.05) is 61.7 Å². The summed E-state index contributed by atoms with van der Waals surface area (Å²) in [6.45, 7) is -0.471. The molecule has 0 aromatic heterocycles. The molecule has 3 aromatic carbocycles. The zero-order chi connectivity index (χ0) is 29.4. The monoisotopic (exact) mass is 691 g/mol. The Hall–Kier alpha value is -2.99. The minimum Gasteiger partial charge on any atom is -0.352 e. The van der Waals surface area contributed by atoms with E-state index >= 15 is 0 Å². The van der Waals surface area contributed by atoms with E-state index in [0.29, 0.717) is 11.3 Å². The van der Waals surface area contributed by atoms with Gasteiger partial charge < -0.3 is 10.2 Å². The van der Waals surface area contributed by atoms with Crippen LogP contribution in [-0.2, 0) is 32.6 Å². The van der Waals surface area contributed by atoms with Gasteiger partial charge in [-0.25, -0.2) is 12.8 Å². The van der Waals surface area contributed by atoms with Crippen molar-refractivity contribution < 1.29 is 22.4 Å². The third-order valence-electron chi connectivity index (χ3n) is 7.28. The first-order valence-electron chi connectivity index (χ1n) is 13.7. The number of hydrogen-bond acceptors (Lipinski definition) is 4. The lowest BCUT2D eigenvalue weighted by Crippen LogP contribution is -2.55. The Balaban J connectivity index is 1.71. The van der Waals surface area contributed by atoms with E-state index in [4.69, 9.17) is 0 Å². The van der Waals surface area contributed by atoms with E-state index in [1.54, 1.807) is 36.4 Å². The third kappa shape index (κ3) is 9.00. The van der Waals surface area contributed by atoms with Gasteiger partial charge in [0.05, 0.1) is 11.9 Å². The molecule has 4 rings (SSSR count). The van der Waals surface area contributed by atoms with Crippen molar-refractivity contribution in [1.29, 1.82) is 0 Å². The van der Waals surface area contributed by atoms with Crippen molar-refractivity contribution in [3.63, 3.8) is 0 Å². The van der Waals surface area contributed by atoms with E-state index in [1.807, 2.05) is 30.3 Å². The Morgan fingerprint density at radius 3 is 2.17 bits per heavy atom. The molecule has 1 saturated carbocycles. The van der Waals surface area contributed by atoms with Gasteiger partial charge in [-0.15, -0.1) is 0 Å². The number of carbonyl (C=O) groups excluding carboxylic acids is 2. The third-order valence-corrected chi connectivity index (χ3v) is 9.14. The van der Waals surface area contributed by atoms with Gasteiger partial charge in [0.2, 0.25) is 21.8 Å². The summed E-state index contributed by atoms with van der Waals surface area (Å²) in [5, 5.41) is 3.17. The van der Waals surface area contributed by atoms with Crippen molar-refractivity contribution in [2.45, 2.75) is 57.2 Å². The van der Waals surface area contributed by atoms with Crippen LogP contribution in [0, 0.1) is 9.39 Å². The minimum atomic E-state index is -3.83. The summed E-state index contributed by atoms with van der Waals surface area (Å²) in [5.41, 5.74) is 1.85. The number of carbonyl (C=O) groups is 2. The standard InChI is InChI=1S/C31H35FIN3O4S/c1-41(39,40)36(28-18-16-26(33)17-19-28)22-30(37)35(21-24-12-14-25(32)15-13-24)29(20-23-8-4-2-5-9-23)31(38)34-27-10-6-3-7-11-27/h2,4-5,8-9,12-19,27,29H,3,6-7,10-11,20-22H2,1H3,(H,34,38). The summed E-state index contributed by atoms with van der Waals surface area (Å²) < 4.78 is 41.4. The summed E-state index contributed by atoms with van der Waals surface area (Å²) in [5.74, 6) is -1.22. The first kappa shape index (κ1) is 31.0. The van der Waals surface area contributed by atoms with E-state index in [-0.39, 0.29) is 24.9 Å².